The highest BCUT2D eigenvalue weighted by Gasteiger charge is 2.10. The van der Waals surface area contributed by atoms with Crippen molar-refractivity contribution in [3.05, 3.63) is 16.1 Å². The van der Waals surface area contributed by atoms with Crippen LogP contribution in [-0.4, -0.2) is 36.8 Å². The van der Waals surface area contributed by atoms with E-state index in [1.54, 1.807) is 12.3 Å². The highest BCUT2D eigenvalue weighted by atomic mass is 32.1. The van der Waals surface area contributed by atoms with Gasteiger partial charge in [0.1, 0.15) is 0 Å². The first-order valence-corrected chi connectivity index (χ1v) is 10.9. The standard InChI is InChI=1S/C11H23NO2.C9H13NO2S/c1-4-7-10(8-5-2)9-12-11(13)14-6-3;1-3-5-8-10-7(6-13-8)9(11)12-4-2/h10H,4-9H2,1-3H3,(H,12,13);6H,3-5H2,1-2H3. The molecular weight excluding hydrogens is 364 g/mol. The van der Waals surface area contributed by atoms with E-state index in [1.165, 1.54) is 37.0 Å². The number of aromatic nitrogens is 1. The van der Waals surface area contributed by atoms with Crippen LogP contribution in [0.4, 0.5) is 4.79 Å². The Kier molecular flexibility index (Phi) is 15.5. The molecule has 0 saturated heterocycles. The van der Waals surface area contributed by atoms with Gasteiger partial charge in [-0.3, -0.25) is 0 Å². The van der Waals surface area contributed by atoms with E-state index in [0.717, 1.165) is 24.4 Å². The molecule has 0 atom stereocenters. The number of nitrogens with one attached hydrogen (secondary N) is 1. The minimum atomic E-state index is -0.318. The summed E-state index contributed by atoms with van der Waals surface area (Å²) < 4.78 is 9.62. The van der Waals surface area contributed by atoms with Gasteiger partial charge in [0, 0.05) is 11.9 Å². The predicted octanol–water partition coefficient (Wildman–Crippen LogP) is 5.22. The molecule has 0 aliphatic heterocycles. The van der Waals surface area contributed by atoms with E-state index in [-0.39, 0.29) is 12.1 Å². The van der Waals surface area contributed by atoms with Gasteiger partial charge in [0.15, 0.2) is 5.69 Å². The lowest BCUT2D eigenvalue weighted by Crippen LogP contribution is -2.29. The number of carbonyl (C=O) groups is 2. The summed E-state index contributed by atoms with van der Waals surface area (Å²) in [5.41, 5.74) is 0.440. The Morgan fingerprint density at radius 1 is 1.04 bits per heavy atom. The van der Waals surface area contributed by atoms with Gasteiger partial charge in [-0.2, -0.15) is 0 Å². The number of ether oxygens (including phenoxy) is 2. The second-order valence-corrected chi connectivity index (χ2v) is 7.08. The summed E-state index contributed by atoms with van der Waals surface area (Å²) in [7, 11) is 0. The van der Waals surface area contributed by atoms with Crippen molar-refractivity contribution < 1.29 is 19.1 Å². The quantitative estimate of drug-likeness (QED) is 0.515. The SMILES string of the molecule is CCCC(CCC)CNC(=O)OCC.CCCc1nc(C(=O)OCC)cs1. The molecule has 0 saturated carbocycles. The Balaban J connectivity index is 0.000000501. The molecule has 6 nitrogen and oxygen atoms in total. The minimum Gasteiger partial charge on any atom is -0.461 e. The van der Waals surface area contributed by atoms with Crippen LogP contribution in [0.1, 0.15) is 82.2 Å². The molecule has 1 amide bonds. The summed E-state index contributed by atoms with van der Waals surface area (Å²) in [4.78, 5) is 26.4. The van der Waals surface area contributed by atoms with Gasteiger partial charge < -0.3 is 14.8 Å². The summed E-state index contributed by atoms with van der Waals surface area (Å²) in [6.07, 6.45) is 6.41. The van der Waals surface area contributed by atoms with Crippen LogP contribution < -0.4 is 5.32 Å². The zero-order valence-corrected chi connectivity index (χ0v) is 18.3. The maximum absolute atomic E-state index is 11.2. The molecule has 156 valence electrons. The second kappa shape index (κ2) is 16.5. The van der Waals surface area contributed by atoms with Gasteiger partial charge in [-0.1, -0.05) is 33.6 Å². The molecule has 1 heterocycles. The Morgan fingerprint density at radius 2 is 1.67 bits per heavy atom. The monoisotopic (exact) mass is 400 g/mol. The first kappa shape index (κ1) is 25.4. The number of aryl methyl sites for hydroxylation is 1. The smallest absolute Gasteiger partial charge is 0.407 e. The van der Waals surface area contributed by atoms with E-state index in [1.807, 2.05) is 6.92 Å². The van der Waals surface area contributed by atoms with Crippen LogP contribution in [0, 0.1) is 5.92 Å². The fraction of sp³-hybridized carbons (Fsp3) is 0.750. The number of hydrogen-bond acceptors (Lipinski definition) is 6. The third kappa shape index (κ3) is 12.4. The Hall–Kier alpha value is -1.63. The largest absolute Gasteiger partial charge is 0.461 e. The molecule has 0 unspecified atom stereocenters. The van der Waals surface area contributed by atoms with Crippen molar-refractivity contribution in [1.29, 1.82) is 0 Å². The van der Waals surface area contributed by atoms with Crippen LogP contribution in [0.15, 0.2) is 5.38 Å². The molecule has 7 heteroatoms. The zero-order chi connectivity index (χ0) is 20.5. The normalized spacial score (nSPS) is 10.1. The summed E-state index contributed by atoms with van der Waals surface area (Å²) in [6.45, 7) is 11.6. The van der Waals surface area contributed by atoms with Crippen LogP contribution in [0.25, 0.3) is 0 Å². The van der Waals surface area contributed by atoms with Crippen molar-refractivity contribution in [3.63, 3.8) is 0 Å². The van der Waals surface area contributed by atoms with E-state index >= 15 is 0 Å². The van der Waals surface area contributed by atoms with Crippen molar-refractivity contribution >= 4 is 23.4 Å². The van der Waals surface area contributed by atoms with Crippen LogP contribution in [0.3, 0.4) is 0 Å². The summed E-state index contributed by atoms with van der Waals surface area (Å²) in [5.74, 6) is 0.288. The van der Waals surface area contributed by atoms with Crippen molar-refractivity contribution in [1.82, 2.24) is 10.3 Å². The molecular formula is C20H36N2O4S. The van der Waals surface area contributed by atoms with Crippen LogP contribution in [-0.2, 0) is 15.9 Å². The van der Waals surface area contributed by atoms with Crippen LogP contribution in [0.2, 0.25) is 0 Å². The number of nitrogens with zero attached hydrogens (tertiary/aromatic N) is 1. The van der Waals surface area contributed by atoms with Gasteiger partial charge in [0.05, 0.1) is 18.2 Å². The molecule has 1 aromatic heterocycles. The molecule has 0 aliphatic rings. The van der Waals surface area contributed by atoms with Gasteiger partial charge in [0.25, 0.3) is 0 Å². The number of alkyl carbamates (subject to hydrolysis) is 1. The Bertz CT molecular complexity index is 514. The van der Waals surface area contributed by atoms with E-state index in [4.69, 9.17) is 9.47 Å². The molecule has 0 fully saturated rings. The van der Waals surface area contributed by atoms with E-state index in [9.17, 15) is 9.59 Å². The summed E-state index contributed by atoms with van der Waals surface area (Å²) in [5, 5.41) is 5.55. The van der Waals surface area contributed by atoms with Crippen LogP contribution in [0.5, 0.6) is 0 Å². The van der Waals surface area contributed by atoms with Gasteiger partial charge in [0.2, 0.25) is 0 Å². The number of hydrogen-bond donors (Lipinski definition) is 1. The topological polar surface area (TPSA) is 77.5 Å². The number of rotatable bonds is 11. The first-order valence-electron chi connectivity index (χ1n) is 10.0. The molecule has 0 spiro atoms. The number of amides is 1. The summed E-state index contributed by atoms with van der Waals surface area (Å²) >= 11 is 1.52. The molecule has 1 N–H and O–H groups in total. The third-order valence-electron chi connectivity index (χ3n) is 3.70. The second-order valence-electron chi connectivity index (χ2n) is 6.14. The third-order valence-corrected chi connectivity index (χ3v) is 4.61. The van der Waals surface area contributed by atoms with Gasteiger partial charge in [-0.05, 0) is 45.4 Å². The highest BCUT2D eigenvalue weighted by molar-refractivity contribution is 7.09. The van der Waals surface area contributed by atoms with Gasteiger partial charge >= 0.3 is 12.1 Å². The van der Waals surface area contributed by atoms with Crippen molar-refractivity contribution in [2.45, 2.75) is 73.1 Å². The number of esters is 1. The summed E-state index contributed by atoms with van der Waals surface area (Å²) in [6, 6.07) is 0. The lowest BCUT2D eigenvalue weighted by atomic mass is 9.98. The molecule has 1 rings (SSSR count). The van der Waals surface area contributed by atoms with E-state index in [0.29, 0.717) is 24.8 Å². The maximum Gasteiger partial charge on any atom is 0.407 e. The van der Waals surface area contributed by atoms with Crippen molar-refractivity contribution in [3.8, 4) is 0 Å². The molecule has 0 radical (unpaired) electrons. The van der Waals surface area contributed by atoms with Gasteiger partial charge in [-0.25, -0.2) is 14.6 Å². The molecule has 27 heavy (non-hydrogen) atoms. The Labute approximate surface area is 168 Å². The molecule has 0 aromatic carbocycles. The van der Waals surface area contributed by atoms with Crippen molar-refractivity contribution in [2.24, 2.45) is 5.92 Å². The molecule has 0 aliphatic carbocycles. The zero-order valence-electron chi connectivity index (χ0n) is 17.5. The Morgan fingerprint density at radius 3 is 2.19 bits per heavy atom. The number of carbonyl (C=O) groups excluding carboxylic acids is 2. The average molecular weight is 401 g/mol. The van der Waals surface area contributed by atoms with Crippen molar-refractivity contribution in [2.75, 3.05) is 19.8 Å². The van der Waals surface area contributed by atoms with E-state index < -0.39 is 0 Å². The fourth-order valence-electron chi connectivity index (χ4n) is 2.51. The first-order chi connectivity index (χ1) is 13.0. The highest BCUT2D eigenvalue weighted by Crippen LogP contribution is 2.13. The fourth-order valence-corrected chi connectivity index (χ4v) is 3.38. The predicted molar refractivity (Wildman–Crippen MR) is 110 cm³/mol. The molecule has 1 aromatic rings. The van der Waals surface area contributed by atoms with Gasteiger partial charge in [-0.15, -0.1) is 11.3 Å². The average Bonchev–Trinajstić information content (AvgIpc) is 3.10. The van der Waals surface area contributed by atoms with Crippen LogP contribution >= 0.6 is 11.3 Å². The lowest BCUT2D eigenvalue weighted by molar-refractivity contribution is 0.0520. The minimum absolute atomic E-state index is 0.287. The maximum atomic E-state index is 11.2. The lowest BCUT2D eigenvalue weighted by Gasteiger charge is -2.15. The molecule has 0 bridgehead atoms. The number of thiazole rings is 1. The van der Waals surface area contributed by atoms with E-state index in [2.05, 4.69) is 31.1 Å².